The number of hydrogen-bond acceptors (Lipinski definition) is 3. The molecule has 0 aliphatic heterocycles. The minimum Gasteiger partial charge on any atom is -0.435 e. The monoisotopic (exact) mass is 314 g/mol. The summed E-state index contributed by atoms with van der Waals surface area (Å²) in [6.45, 7) is 0.956. The maximum absolute atomic E-state index is 12.0. The molecule has 0 radical (unpaired) electrons. The lowest BCUT2D eigenvalue weighted by Crippen LogP contribution is -2.42. The Morgan fingerprint density at radius 2 is 1.68 bits per heavy atom. The summed E-state index contributed by atoms with van der Waals surface area (Å²) in [7, 11) is 0. The van der Waals surface area contributed by atoms with E-state index in [-0.39, 0.29) is 29.9 Å². The lowest BCUT2D eigenvalue weighted by atomic mass is 10.1. The van der Waals surface area contributed by atoms with Crippen LogP contribution in [0.2, 0.25) is 0 Å². The number of aryl methyl sites for hydroxylation is 1. The van der Waals surface area contributed by atoms with Gasteiger partial charge in [-0.3, -0.25) is 20.4 Å². The molecule has 0 bridgehead atoms. The molecule has 0 fully saturated rings. The molecule has 0 aromatic heterocycles. The number of carbonyl (C=O) groups excluding carboxylic acids is 2. The van der Waals surface area contributed by atoms with Gasteiger partial charge in [0.05, 0.1) is 0 Å². The Hall–Kier alpha value is -2.18. The van der Waals surface area contributed by atoms with Crippen molar-refractivity contribution in [3.63, 3.8) is 0 Å². The molecule has 0 aliphatic carbocycles. The van der Waals surface area contributed by atoms with Crippen molar-refractivity contribution >= 4 is 11.8 Å². The molecule has 1 aromatic rings. The van der Waals surface area contributed by atoms with E-state index in [1.54, 1.807) is 12.1 Å². The number of benzene rings is 1. The zero-order chi connectivity index (χ0) is 16.5. The van der Waals surface area contributed by atoms with E-state index < -0.39 is 6.61 Å². The second-order valence-corrected chi connectivity index (χ2v) is 5.22. The lowest BCUT2D eigenvalue weighted by molar-refractivity contribution is -0.129. The molecule has 0 heterocycles. The Kier molecular flexibility index (Phi) is 7.28. The Morgan fingerprint density at radius 1 is 1.09 bits per heavy atom. The van der Waals surface area contributed by atoms with Gasteiger partial charge in [0.1, 0.15) is 5.75 Å². The lowest BCUT2D eigenvalue weighted by Gasteiger charge is -2.09. The molecule has 0 unspecified atom stereocenters. The van der Waals surface area contributed by atoms with Crippen LogP contribution in [0.5, 0.6) is 5.75 Å². The SMILES string of the molecule is CC(C)CC(=O)NNC(=O)CCc1ccc(OC(F)F)cc1. The molecule has 2 amide bonds. The van der Waals surface area contributed by atoms with Gasteiger partial charge in [-0.15, -0.1) is 0 Å². The van der Waals surface area contributed by atoms with E-state index in [9.17, 15) is 18.4 Å². The summed E-state index contributed by atoms with van der Waals surface area (Å²) in [6, 6.07) is 6.07. The maximum Gasteiger partial charge on any atom is 0.387 e. The quantitative estimate of drug-likeness (QED) is 0.760. The highest BCUT2D eigenvalue weighted by atomic mass is 19.3. The summed E-state index contributed by atoms with van der Waals surface area (Å²) in [5, 5.41) is 0. The molecule has 0 spiro atoms. The van der Waals surface area contributed by atoms with Gasteiger partial charge in [0.25, 0.3) is 0 Å². The first-order valence-electron chi connectivity index (χ1n) is 6.98. The predicted molar refractivity (Wildman–Crippen MR) is 77.1 cm³/mol. The van der Waals surface area contributed by atoms with Crippen molar-refractivity contribution < 1.29 is 23.1 Å². The largest absolute Gasteiger partial charge is 0.435 e. The third-order valence-electron chi connectivity index (χ3n) is 2.72. The summed E-state index contributed by atoms with van der Waals surface area (Å²) >= 11 is 0. The number of ether oxygens (including phenoxy) is 1. The van der Waals surface area contributed by atoms with Gasteiger partial charge in [-0.25, -0.2) is 0 Å². The van der Waals surface area contributed by atoms with Gasteiger partial charge in [0.15, 0.2) is 0 Å². The number of rotatable bonds is 7. The first-order chi connectivity index (χ1) is 10.4. The first kappa shape index (κ1) is 17.9. The van der Waals surface area contributed by atoms with Gasteiger partial charge in [-0.2, -0.15) is 8.78 Å². The molecule has 0 saturated heterocycles. The van der Waals surface area contributed by atoms with Gasteiger partial charge in [-0.1, -0.05) is 26.0 Å². The van der Waals surface area contributed by atoms with E-state index in [2.05, 4.69) is 15.6 Å². The summed E-state index contributed by atoms with van der Waals surface area (Å²) in [5.41, 5.74) is 5.48. The van der Waals surface area contributed by atoms with E-state index in [1.807, 2.05) is 13.8 Å². The average Bonchev–Trinajstić information content (AvgIpc) is 2.43. The zero-order valence-electron chi connectivity index (χ0n) is 12.6. The fourth-order valence-electron chi connectivity index (χ4n) is 1.72. The third-order valence-corrected chi connectivity index (χ3v) is 2.72. The number of alkyl halides is 2. The molecule has 1 aromatic carbocycles. The molecule has 7 heteroatoms. The molecule has 2 N–H and O–H groups in total. The van der Waals surface area contributed by atoms with Crippen molar-refractivity contribution in [2.24, 2.45) is 5.92 Å². The molecule has 0 saturated carbocycles. The standard InChI is InChI=1S/C15H20F2N2O3/c1-10(2)9-14(21)19-18-13(20)8-5-11-3-6-12(7-4-11)22-15(16)17/h3-4,6-7,10,15H,5,8-9H2,1-2H3,(H,18,20)(H,19,21). The van der Waals surface area contributed by atoms with Gasteiger partial charge >= 0.3 is 6.61 Å². The number of hydrogen-bond donors (Lipinski definition) is 2. The van der Waals surface area contributed by atoms with E-state index >= 15 is 0 Å². The third kappa shape index (κ3) is 7.56. The van der Waals surface area contributed by atoms with Crippen LogP contribution in [0.3, 0.4) is 0 Å². The Morgan fingerprint density at radius 3 is 2.23 bits per heavy atom. The highest BCUT2D eigenvalue weighted by Gasteiger charge is 2.08. The van der Waals surface area contributed by atoms with Crippen LogP contribution >= 0.6 is 0 Å². The van der Waals surface area contributed by atoms with Crippen molar-refractivity contribution in [3.05, 3.63) is 29.8 Å². The second kappa shape index (κ2) is 8.96. The number of hydrazine groups is 1. The van der Waals surface area contributed by atoms with E-state index in [0.29, 0.717) is 12.8 Å². The van der Waals surface area contributed by atoms with Crippen LogP contribution in [0.25, 0.3) is 0 Å². The Bertz CT molecular complexity index is 490. The molecule has 0 atom stereocenters. The van der Waals surface area contributed by atoms with Gasteiger partial charge in [0, 0.05) is 12.8 Å². The summed E-state index contributed by atoms with van der Waals surface area (Å²) in [5.74, 6) is -0.267. The minimum atomic E-state index is -2.86. The molecular weight excluding hydrogens is 294 g/mol. The molecule has 5 nitrogen and oxygen atoms in total. The van der Waals surface area contributed by atoms with E-state index in [1.165, 1.54) is 12.1 Å². The normalized spacial score (nSPS) is 10.6. The topological polar surface area (TPSA) is 67.4 Å². The van der Waals surface area contributed by atoms with Crippen molar-refractivity contribution in [2.45, 2.75) is 39.7 Å². The number of halogens is 2. The van der Waals surface area contributed by atoms with Crippen LogP contribution in [-0.2, 0) is 16.0 Å². The maximum atomic E-state index is 12.0. The van der Waals surface area contributed by atoms with Crippen LogP contribution < -0.4 is 15.6 Å². The second-order valence-electron chi connectivity index (χ2n) is 5.22. The van der Waals surface area contributed by atoms with Crippen molar-refractivity contribution in [1.29, 1.82) is 0 Å². The average molecular weight is 314 g/mol. The van der Waals surface area contributed by atoms with E-state index in [0.717, 1.165) is 5.56 Å². The summed E-state index contributed by atoms with van der Waals surface area (Å²) in [4.78, 5) is 22.9. The minimum absolute atomic E-state index is 0.0733. The number of carbonyl (C=O) groups is 2. The fourth-order valence-corrected chi connectivity index (χ4v) is 1.72. The fraction of sp³-hybridized carbons (Fsp3) is 0.467. The number of amides is 2. The van der Waals surface area contributed by atoms with Crippen molar-refractivity contribution in [3.8, 4) is 5.75 Å². The molecule has 122 valence electrons. The van der Waals surface area contributed by atoms with Gasteiger partial charge < -0.3 is 4.74 Å². The Labute approximate surface area is 128 Å². The van der Waals surface area contributed by atoms with Gasteiger partial charge in [0.2, 0.25) is 11.8 Å². The van der Waals surface area contributed by atoms with E-state index in [4.69, 9.17) is 0 Å². The van der Waals surface area contributed by atoms with Crippen LogP contribution in [0.1, 0.15) is 32.3 Å². The van der Waals surface area contributed by atoms with Crippen LogP contribution in [0, 0.1) is 5.92 Å². The van der Waals surface area contributed by atoms with Crippen molar-refractivity contribution in [1.82, 2.24) is 10.9 Å². The van der Waals surface area contributed by atoms with Gasteiger partial charge in [-0.05, 0) is 30.0 Å². The predicted octanol–water partition coefficient (Wildman–Crippen LogP) is 2.41. The van der Waals surface area contributed by atoms with Crippen LogP contribution in [0.15, 0.2) is 24.3 Å². The molecule has 1 rings (SSSR count). The highest BCUT2D eigenvalue weighted by Crippen LogP contribution is 2.15. The molecule has 0 aliphatic rings. The highest BCUT2D eigenvalue weighted by molar-refractivity contribution is 5.82. The first-order valence-corrected chi connectivity index (χ1v) is 6.98. The van der Waals surface area contributed by atoms with Crippen molar-refractivity contribution in [2.75, 3.05) is 0 Å². The van der Waals surface area contributed by atoms with Crippen LogP contribution in [0.4, 0.5) is 8.78 Å². The molecular formula is C15H20F2N2O3. The molecule has 22 heavy (non-hydrogen) atoms. The smallest absolute Gasteiger partial charge is 0.387 e. The zero-order valence-corrected chi connectivity index (χ0v) is 12.6. The Balaban J connectivity index is 2.30. The van der Waals surface area contributed by atoms with Crippen LogP contribution in [-0.4, -0.2) is 18.4 Å². The summed E-state index contributed by atoms with van der Waals surface area (Å²) < 4.78 is 28.2. The summed E-state index contributed by atoms with van der Waals surface area (Å²) in [6.07, 6.45) is 0.948. The number of nitrogens with one attached hydrogen (secondary N) is 2.